The summed E-state index contributed by atoms with van der Waals surface area (Å²) in [6.07, 6.45) is 11.9. The van der Waals surface area contributed by atoms with Gasteiger partial charge in [0.05, 0.1) is 24.7 Å². The molecule has 210 valence electrons. The number of hydrogen-bond donors (Lipinski definition) is 3. The maximum atomic E-state index is 14.9. The lowest BCUT2D eigenvalue weighted by Crippen LogP contribution is -2.11. The van der Waals surface area contributed by atoms with Crippen molar-refractivity contribution in [2.75, 3.05) is 19.0 Å². The number of imidazole rings is 1. The van der Waals surface area contributed by atoms with Crippen molar-refractivity contribution < 1.29 is 18.3 Å². The number of carbonyl (C=O) groups is 1. The van der Waals surface area contributed by atoms with Crippen molar-refractivity contribution in [1.29, 1.82) is 5.41 Å². The summed E-state index contributed by atoms with van der Waals surface area (Å²) in [5, 5.41) is 11.6. The first-order valence-corrected chi connectivity index (χ1v) is 13.5. The topological polar surface area (TPSA) is 106 Å². The van der Waals surface area contributed by atoms with Gasteiger partial charge in [0.2, 0.25) is 5.82 Å². The molecule has 0 bridgehead atoms. The van der Waals surface area contributed by atoms with Crippen LogP contribution in [0.25, 0.3) is 23.2 Å². The molecule has 7 nitrogen and oxygen atoms in total. The molecule has 0 amide bonds. The van der Waals surface area contributed by atoms with Gasteiger partial charge in [-0.05, 0) is 74.5 Å². The van der Waals surface area contributed by atoms with E-state index in [-0.39, 0.29) is 23.5 Å². The van der Waals surface area contributed by atoms with Crippen LogP contribution in [-0.2, 0) is 6.42 Å². The van der Waals surface area contributed by atoms with Gasteiger partial charge in [-0.1, -0.05) is 25.5 Å². The van der Waals surface area contributed by atoms with Crippen LogP contribution >= 0.6 is 0 Å². The Balaban J connectivity index is 1.54. The number of rotatable bonds is 13. The SMILES string of the molecule is CCc1cc(NC2=CCC=Cn3c(-c4ccc(OC)c(F)c4F)cnc32)ccc1C(=O)CC(=N)CCCCCN. The molecule has 0 atom stereocenters. The van der Waals surface area contributed by atoms with Crippen LogP contribution in [0.15, 0.2) is 48.7 Å². The van der Waals surface area contributed by atoms with Gasteiger partial charge in [-0.25, -0.2) is 9.37 Å². The van der Waals surface area contributed by atoms with E-state index in [0.29, 0.717) is 54.3 Å². The van der Waals surface area contributed by atoms with Crippen molar-refractivity contribution >= 4 is 29.1 Å². The summed E-state index contributed by atoms with van der Waals surface area (Å²) in [5.41, 5.74) is 9.43. The molecule has 0 saturated heterocycles. The third-order valence-electron chi connectivity index (χ3n) is 6.92. The van der Waals surface area contributed by atoms with E-state index >= 15 is 0 Å². The molecule has 0 spiro atoms. The normalized spacial score (nSPS) is 12.5. The molecular formula is C31H35F2N5O2. The Morgan fingerprint density at radius 2 is 2.00 bits per heavy atom. The zero-order valence-electron chi connectivity index (χ0n) is 22.9. The van der Waals surface area contributed by atoms with Crippen LogP contribution in [0, 0.1) is 17.0 Å². The number of aromatic nitrogens is 2. The molecule has 0 aliphatic carbocycles. The number of nitrogens with zero attached hydrogens (tertiary/aromatic N) is 2. The fourth-order valence-electron chi connectivity index (χ4n) is 4.78. The second kappa shape index (κ2) is 13.3. The molecule has 9 heteroatoms. The number of nitrogens with two attached hydrogens (primary N) is 1. The highest BCUT2D eigenvalue weighted by atomic mass is 19.2. The molecule has 1 aliphatic rings. The van der Waals surface area contributed by atoms with Gasteiger partial charge in [0.25, 0.3) is 0 Å². The molecule has 0 radical (unpaired) electrons. The van der Waals surface area contributed by atoms with Crippen molar-refractivity contribution in [1.82, 2.24) is 9.55 Å². The van der Waals surface area contributed by atoms with Crippen molar-refractivity contribution in [3.63, 3.8) is 0 Å². The van der Waals surface area contributed by atoms with Gasteiger partial charge in [-0.3, -0.25) is 9.36 Å². The van der Waals surface area contributed by atoms with Crippen LogP contribution in [-0.4, -0.2) is 34.7 Å². The smallest absolute Gasteiger partial charge is 0.201 e. The zero-order valence-corrected chi connectivity index (χ0v) is 22.9. The summed E-state index contributed by atoms with van der Waals surface area (Å²) >= 11 is 0. The van der Waals surface area contributed by atoms with Gasteiger partial charge >= 0.3 is 0 Å². The lowest BCUT2D eigenvalue weighted by molar-refractivity contribution is 0.0999. The molecule has 0 unspecified atom stereocenters. The minimum absolute atomic E-state index is 0.0564. The van der Waals surface area contributed by atoms with Gasteiger partial charge in [0.15, 0.2) is 23.2 Å². The summed E-state index contributed by atoms with van der Waals surface area (Å²) in [6, 6.07) is 8.43. The van der Waals surface area contributed by atoms with Crippen molar-refractivity contribution in [3.8, 4) is 17.0 Å². The van der Waals surface area contributed by atoms with Gasteiger partial charge < -0.3 is 21.2 Å². The van der Waals surface area contributed by atoms with E-state index in [0.717, 1.165) is 30.5 Å². The molecule has 1 aliphatic heterocycles. The third-order valence-corrected chi connectivity index (χ3v) is 6.92. The van der Waals surface area contributed by atoms with Gasteiger partial charge in [0.1, 0.15) is 0 Å². The molecule has 4 rings (SSSR count). The summed E-state index contributed by atoms with van der Waals surface area (Å²) in [5.74, 6) is -1.73. The number of carbonyl (C=O) groups excluding carboxylic acids is 1. The number of aryl methyl sites for hydroxylation is 1. The number of hydrogen-bond acceptors (Lipinski definition) is 6. The number of nitrogens with one attached hydrogen (secondary N) is 2. The van der Waals surface area contributed by atoms with Crippen LogP contribution in [0.2, 0.25) is 0 Å². The number of benzene rings is 2. The fraction of sp³-hybridized carbons (Fsp3) is 0.323. The molecule has 1 aromatic heterocycles. The number of anilines is 1. The Morgan fingerprint density at radius 3 is 2.75 bits per heavy atom. The minimum Gasteiger partial charge on any atom is -0.494 e. The molecule has 2 aromatic carbocycles. The second-order valence-corrected chi connectivity index (χ2v) is 9.67. The first-order chi connectivity index (χ1) is 19.4. The van der Waals surface area contributed by atoms with Crippen molar-refractivity contribution in [3.05, 3.63) is 77.3 Å². The monoisotopic (exact) mass is 547 g/mol. The number of halogens is 2. The van der Waals surface area contributed by atoms with Crippen molar-refractivity contribution in [2.24, 2.45) is 5.73 Å². The van der Waals surface area contributed by atoms with E-state index in [4.69, 9.17) is 15.9 Å². The number of unbranched alkanes of at least 4 members (excludes halogenated alkanes) is 2. The van der Waals surface area contributed by atoms with Crippen LogP contribution in [0.5, 0.6) is 5.75 Å². The fourth-order valence-corrected chi connectivity index (χ4v) is 4.78. The number of ether oxygens (including phenoxy) is 1. The molecule has 40 heavy (non-hydrogen) atoms. The quantitative estimate of drug-likeness (QED) is 0.123. The molecule has 0 saturated carbocycles. The Morgan fingerprint density at radius 1 is 1.18 bits per heavy atom. The highest BCUT2D eigenvalue weighted by Crippen LogP contribution is 2.33. The summed E-state index contributed by atoms with van der Waals surface area (Å²) in [6.45, 7) is 2.63. The van der Waals surface area contributed by atoms with Crippen LogP contribution in [0.3, 0.4) is 0 Å². The Bertz CT molecular complexity index is 1460. The van der Waals surface area contributed by atoms with Gasteiger partial charge in [-0.15, -0.1) is 0 Å². The Hall–Kier alpha value is -4.11. The molecule has 0 fully saturated rings. The largest absolute Gasteiger partial charge is 0.494 e. The maximum Gasteiger partial charge on any atom is 0.201 e. The van der Waals surface area contributed by atoms with Gasteiger partial charge in [-0.2, -0.15) is 4.39 Å². The van der Waals surface area contributed by atoms with E-state index in [9.17, 15) is 13.6 Å². The number of fused-ring (bicyclic) bond motifs is 1. The number of ketones is 1. The highest BCUT2D eigenvalue weighted by Gasteiger charge is 2.22. The summed E-state index contributed by atoms with van der Waals surface area (Å²) in [4.78, 5) is 17.5. The Kier molecular flexibility index (Phi) is 9.60. The van der Waals surface area contributed by atoms with E-state index in [1.54, 1.807) is 16.8 Å². The predicted molar refractivity (Wildman–Crippen MR) is 156 cm³/mol. The average Bonchev–Trinajstić information content (AvgIpc) is 3.27. The first kappa shape index (κ1) is 28.9. The average molecular weight is 548 g/mol. The van der Waals surface area contributed by atoms with E-state index in [2.05, 4.69) is 10.3 Å². The zero-order chi connectivity index (χ0) is 28.6. The molecular weight excluding hydrogens is 512 g/mol. The molecule has 4 N–H and O–H groups in total. The van der Waals surface area contributed by atoms with E-state index < -0.39 is 11.6 Å². The van der Waals surface area contributed by atoms with Crippen LogP contribution < -0.4 is 15.8 Å². The molecule has 2 heterocycles. The van der Waals surface area contributed by atoms with Crippen molar-refractivity contribution in [2.45, 2.75) is 51.9 Å². The lowest BCUT2D eigenvalue weighted by Gasteiger charge is -2.15. The minimum atomic E-state index is -1.05. The number of Topliss-reactive ketones (excluding diaryl/α,β-unsaturated/α-hetero) is 1. The maximum absolute atomic E-state index is 14.9. The third kappa shape index (κ3) is 6.37. The summed E-state index contributed by atoms with van der Waals surface area (Å²) in [7, 11) is 1.29. The summed E-state index contributed by atoms with van der Waals surface area (Å²) < 4.78 is 35.9. The molecule has 3 aromatic rings. The standard InChI is InChI=1S/C31H35F2N5O2/c1-3-20-17-22(11-12-23(20)27(39)18-21(35)9-5-4-7-15-34)37-25-10-6-8-16-38-26(19-36-31(25)38)24-13-14-28(40-2)30(33)29(24)32/h8,10-14,16-17,19,35,37H,3-7,9,15,18,34H2,1-2H3. The lowest BCUT2D eigenvalue weighted by atomic mass is 9.96. The first-order valence-electron chi connectivity index (χ1n) is 13.5. The van der Waals surface area contributed by atoms with Crippen LogP contribution in [0.1, 0.15) is 67.2 Å². The predicted octanol–water partition coefficient (Wildman–Crippen LogP) is 6.84. The number of methoxy groups -OCH3 is 1. The highest BCUT2D eigenvalue weighted by molar-refractivity contribution is 6.09. The van der Waals surface area contributed by atoms with Crippen LogP contribution in [0.4, 0.5) is 14.5 Å². The van der Waals surface area contributed by atoms with E-state index in [1.165, 1.54) is 25.4 Å². The Labute approximate surface area is 233 Å². The van der Waals surface area contributed by atoms with E-state index in [1.807, 2.05) is 31.2 Å². The second-order valence-electron chi connectivity index (χ2n) is 9.67. The number of allylic oxidation sites excluding steroid dienone is 2. The van der Waals surface area contributed by atoms with Gasteiger partial charge in [0, 0.05) is 35.1 Å².